The van der Waals surface area contributed by atoms with Gasteiger partial charge in [-0.15, -0.1) is 11.3 Å². The highest BCUT2D eigenvalue weighted by Gasteiger charge is 2.22. The molecule has 5 rings (SSSR count). The maximum Gasteiger partial charge on any atom is 0.293 e. The van der Waals surface area contributed by atoms with Crippen molar-refractivity contribution in [3.63, 3.8) is 0 Å². The first-order valence-corrected chi connectivity index (χ1v) is 11.9. The number of benzene rings is 3. The van der Waals surface area contributed by atoms with Crippen molar-refractivity contribution in [2.24, 2.45) is 0 Å². The molecular weight excluding hydrogens is 444 g/mol. The molecule has 3 aromatic carbocycles. The number of anilines is 1. The van der Waals surface area contributed by atoms with Crippen LogP contribution in [0.3, 0.4) is 0 Å². The number of fused-ring (bicyclic) bond motifs is 1. The van der Waals surface area contributed by atoms with E-state index in [0.717, 1.165) is 28.0 Å². The van der Waals surface area contributed by atoms with Crippen molar-refractivity contribution in [1.82, 2.24) is 4.98 Å². The van der Waals surface area contributed by atoms with Gasteiger partial charge in [0.2, 0.25) is 0 Å². The van der Waals surface area contributed by atoms with Gasteiger partial charge in [0.15, 0.2) is 10.9 Å². The summed E-state index contributed by atoms with van der Waals surface area (Å²) in [5.74, 6) is 0.650. The van der Waals surface area contributed by atoms with Crippen LogP contribution in [-0.2, 0) is 13.0 Å². The van der Waals surface area contributed by atoms with Crippen molar-refractivity contribution in [1.29, 1.82) is 0 Å². The molecule has 0 aliphatic heterocycles. The average molecular weight is 469 g/mol. The number of furan rings is 1. The molecule has 2 aromatic heterocycles. The monoisotopic (exact) mass is 468 g/mol. The smallest absolute Gasteiger partial charge is 0.293 e. The molecule has 0 bridgehead atoms. The van der Waals surface area contributed by atoms with Crippen LogP contribution >= 0.6 is 11.3 Å². The Labute approximate surface area is 202 Å². The van der Waals surface area contributed by atoms with Crippen LogP contribution in [0.1, 0.15) is 37.7 Å². The highest BCUT2D eigenvalue weighted by atomic mass is 32.1. The molecular formula is C28H24N2O3S. The highest BCUT2D eigenvalue weighted by Crippen LogP contribution is 2.29. The quantitative estimate of drug-likeness (QED) is 0.281. The van der Waals surface area contributed by atoms with Gasteiger partial charge in [-0.3, -0.25) is 10.1 Å². The van der Waals surface area contributed by atoms with Crippen LogP contribution in [0, 0.1) is 13.8 Å². The number of nitrogens with zero attached hydrogens (tertiary/aromatic N) is 1. The minimum Gasteiger partial charge on any atom is -0.489 e. The van der Waals surface area contributed by atoms with Gasteiger partial charge in [-0.05, 0) is 43.2 Å². The predicted octanol–water partition coefficient (Wildman–Crippen LogP) is 6.93. The molecule has 0 atom stereocenters. The first-order valence-electron chi connectivity index (χ1n) is 11.1. The van der Waals surface area contributed by atoms with E-state index >= 15 is 0 Å². The summed E-state index contributed by atoms with van der Waals surface area (Å²) in [5, 5.41) is 4.30. The number of carbonyl (C=O) groups is 1. The van der Waals surface area contributed by atoms with Gasteiger partial charge in [-0.1, -0.05) is 60.2 Å². The fraction of sp³-hybridized carbons (Fsp3) is 0.143. The summed E-state index contributed by atoms with van der Waals surface area (Å²) < 4.78 is 12.0. The van der Waals surface area contributed by atoms with Gasteiger partial charge in [-0.2, -0.15) is 0 Å². The molecule has 5 nitrogen and oxygen atoms in total. The van der Waals surface area contributed by atoms with Crippen LogP contribution in [-0.4, -0.2) is 10.9 Å². The third-order valence-corrected chi connectivity index (χ3v) is 6.42. The summed E-state index contributed by atoms with van der Waals surface area (Å²) in [6.07, 6.45) is 2.58. The molecule has 170 valence electrons. The van der Waals surface area contributed by atoms with E-state index in [-0.39, 0.29) is 18.3 Å². The van der Waals surface area contributed by atoms with Gasteiger partial charge in [0.1, 0.15) is 17.9 Å². The number of thiazole rings is 1. The molecule has 6 heteroatoms. The number of hydrogen-bond acceptors (Lipinski definition) is 5. The molecule has 1 N–H and O–H groups in total. The zero-order valence-electron chi connectivity index (χ0n) is 19.0. The van der Waals surface area contributed by atoms with Gasteiger partial charge in [0, 0.05) is 28.4 Å². The Bertz CT molecular complexity index is 1470. The standard InChI is InChI=1S/C28H24N2O3S/c1-18-7-5-9-20(13-18)15-22-16-29-28(34-22)30-27(31)26-24(23-11-3-4-12-25(23)33-26)17-32-21-10-6-8-19(2)14-21/h3-14,16H,15,17H2,1-2H3,(H,29,30,31). The van der Waals surface area contributed by atoms with E-state index in [2.05, 4.69) is 41.5 Å². The van der Waals surface area contributed by atoms with E-state index in [1.165, 1.54) is 22.5 Å². The summed E-state index contributed by atoms with van der Waals surface area (Å²) in [4.78, 5) is 18.7. The molecule has 0 spiro atoms. The van der Waals surface area contributed by atoms with Gasteiger partial charge >= 0.3 is 0 Å². The molecule has 5 aromatic rings. The second kappa shape index (κ2) is 9.53. The topological polar surface area (TPSA) is 64.4 Å². The summed E-state index contributed by atoms with van der Waals surface area (Å²) in [6, 6.07) is 23.8. The second-order valence-electron chi connectivity index (χ2n) is 8.26. The van der Waals surface area contributed by atoms with Crippen molar-refractivity contribution in [2.75, 3.05) is 5.32 Å². The van der Waals surface area contributed by atoms with E-state index in [9.17, 15) is 4.79 Å². The van der Waals surface area contributed by atoms with Gasteiger partial charge in [0.05, 0.1) is 0 Å². The Morgan fingerprint density at radius 2 is 1.79 bits per heavy atom. The molecule has 0 fully saturated rings. The maximum absolute atomic E-state index is 13.2. The van der Waals surface area contributed by atoms with Crippen molar-refractivity contribution in [2.45, 2.75) is 26.9 Å². The summed E-state index contributed by atoms with van der Waals surface area (Å²) in [6.45, 7) is 4.31. The number of para-hydroxylation sites is 1. The van der Waals surface area contributed by atoms with Crippen molar-refractivity contribution in [3.8, 4) is 5.75 Å². The Morgan fingerprint density at radius 1 is 1.00 bits per heavy atom. The lowest BCUT2D eigenvalue weighted by Gasteiger charge is -2.07. The third-order valence-electron chi connectivity index (χ3n) is 5.51. The lowest BCUT2D eigenvalue weighted by Crippen LogP contribution is -2.13. The lowest BCUT2D eigenvalue weighted by molar-refractivity contribution is 0.0995. The summed E-state index contributed by atoms with van der Waals surface area (Å²) >= 11 is 1.47. The Balaban J connectivity index is 1.36. The van der Waals surface area contributed by atoms with E-state index in [0.29, 0.717) is 16.3 Å². The summed E-state index contributed by atoms with van der Waals surface area (Å²) in [7, 11) is 0. The van der Waals surface area contributed by atoms with Crippen LogP contribution in [0.2, 0.25) is 0 Å². The van der Waals surface area contributed by atoms with Crippen LogP contribution in [0.15, 0.2) is 83.4 Å². The molecule has 0 unspecified atom stereocenters. The van der Waals surface area contributed by atoms with E-state index in [1.54, 1.807) is 0 Å². The van der Waals surface area contributed by atoms with Gasteiger partial charge < -0.3 is 9.15 Å². The maximum atomic E-state index is 13.2. The molecule has 0 aliphatic carbocycles. The van der Waals surface area contributed by atoms with Crippen LogP contribution < -0.4 is 10.1 Å². The molecule has 1 amide bonds. The molecule has 2 heterocycles. The van der Waals surface area contributed by atoms with E-state index in [4.69, 9.17) is 9.15 Å². The number of rotatable bonds is 7. The lowest BCUT2D eigenvalue weighted by atomic mass is 10.1. The average Bonchev–Trinajstić information content (AvgIpc) is 3.42. The second-order valence-corrected chi connectivity index (χ2v) is 9.38. The van der Waals surface area contributed by atoms with Crippen molar-refractivity contribution >= 4 is 33.3 Å². The fourth-order valence-corrected chi connectivity index (χ4v) is 4.75. The summed E-state index contributed by atoms with van der Waals surface area (Å²) in [5.41, 5.74) is 4.91. The minimum atomic E-state index is -0.338. The number of aryl methyl sites for hydroxylation is 2. The number of nitrogens with one attached hydrogen (secondary N) is 1. The zero-order chi connectivity index (χ0) is 23.5. The number of hydrogen-bond donors (Lipinski definition) is 1. The molecule has 0 saturated heterocycles. The van der Waals surface area contributed by atoms with Crippen LogP contribution in [0.4, 0.5) is 5.13 Å². The number of ether oxygens (including phenoxy) is 1. The molecule has 0 saturated carbocycles. The predicted molar refractivity (Wildman–Crippen MR) is 136 cm³/mol. The minimum absolute atomic E-state index is 0.222. The van der Waals surface area contributed by atoms with E-state index < -0.39 is 0 Å². The molecule has 0 radical (unpaired) electrons. The Hall–Kier alpha value is -3.90. The fourth-order valence-electron chi connectivity index (χ4n) is 3.91. The van der Waals surface area contributed by atoms with Crippen molar-refractivity contribution in [3.05, 3.63) is 112 Å². The Morgan fingerprint density at radius 3 is 2.62 bits per heavy atom. The first-order chi connectivity index (χ1) is 16.5. The molecule has 0 aliphatic rings. The highest BCUT2D eigenvalue weighted by molar-refractivity contribution is 7.15. The van der Waals surface area contributed by atoms with Crippen LogP contribution in [0.5, 0.6) is 5.75 Å². The number of amides is 1. The van der Waals surface area contributed by atoms with E-state index in [1.807, 2.05) is 61.7 Å². The van der Waals surface area contributed by atoms with Gasteiger partial charge in [-0.25, -0.2) is 4.98 Å². The zero-order valence-corrected chi connectivity index (χ0v) is 19.8. The van der Waals surface area contributed by atoms with Crippen LogP contribution in [0.25, 0.3) is 11.0 Å². The SMILES string of the molecule is Cc1cccc(Cc2cnc(NC(=O)c3oc4ccccc4c3COc3cccc(C)c3)s2)c1. The molecule has 34 heavy (non-hydrogen) atoms. The Kier molecular flexibility index (Phi) is 6.14. The largest absolute Gasteiger partial charge is 0.489 e. The number of carbonyl (C=O) groups excluding carboxylic acids is 1. The van der Waals surface area contributed by atoms with Gasteiger partial charge in [0.25, 0.3) is 5.91 Å². The first kappa shape index (κ1) is 21.9. The number of aromatic nitrogens is 1. The normalized spacial score (nSPS) is 11.0. The van der Waals surface area contributed by atoms with Crippen molar-refractivity contribution < 1.29 is 13.9 Å². The third kappa shape index (κ3) is 4.87.